The van der Waals surface area contributed by atoms with Gasteiger partial charge in [0.05, 0.1) is 6.04 Å². The predicted molar refractivity (Wildman–Crippen MR) is 86.8 cm³/mol. The molecule has 1 N–H and O–H groups in total. The molecular formula is C19H23N. The molecule has 1 heteroatoms. The fourth-order valence-electron chi connectivity index (χ4n) is 2.47. The van der Waals surface area contributed by atoms with Crippen molar-refractivity contribution >= 4 is 0 Å². The van der Waals surface area contributed by atoms with Crippen LogP contribution in [0.15, 0.2) is 73.3 Å². The Balaban J connectivity index is 2.27. The monoisotopic (exact) mass is 265 g/mol. The van der Waals surface area contributed by atoms with E-state index in [1.165, 1.54) is 11.1 Å². The zero-order valence-corrected chi connectivity index (χ0v) is 12.1. The first-order valence-electron chi connectivity index (χ1n) is 7.33. The molecule has 1 nitrogen and oxygen atoms in total. The van der Waals surface area contributed by atoms with E-state index in [0.29, 0.717) is 6.04 Å². The highest BCUT2D eigenvalue weighted by Crippen LogP contribution is 2.23. The molecule has 20 heavy (non-hydrogen) atoms. The lowest BCUT2D eigenvalue weighted by atomic mass is 9.97. The minimum atomic E-state index is 0.215. The Kier molecular flexibility index (Phi) is 5.57. The van der Waals surface area contributed by atoms with Crippen LogP contribution in [0, 0.1) is 0 Å². The zero-order valence-electron chi connectivity index (χ0n) is 12.1. The van der Waals surface area contributed by atoms with Crippen LogP contribution in [0.3, 0.4) is 0 Å². The third-order valence-corrected chi connectivity index (χ3v) is 3.53. The summed E-state index contributed by atoms with van der Waals surface area (Å²) in [7, 11) is 0. The maximum absolute atomic E-state index is 3.96. The van der Waals surface area contributed by atoms with Crippen LogP contribution < -0.4 is 5.32 Å². The highest BCUT2D eigenvalue weighted by Gasteiger charge is 2.16. The highest BCUT2D eigenvalue weighted by atomic mass is 14.9. The van der Waals surface area contributed by atoms with E-state index in [0.717, 1.165) is 12.8 Å². The Morgan fingerprint density at radius 1 is 0.950 bits per heavy atom. The van der Waals surface area contributed by atoms with Gasteiger partial charge in [-0.2, -0.15) is 0 Å². The number of rotatable bonds is 7. The molecule has 2 aromatic carbocycles. The summed E-state index contributed by atoms with van der Waals surface area (Å²) in [5, 5.41) is 3.72. The van der Waals surface area contributed by atoms with Gasteiger partial charge in [-0.3, -0.25) is 5.32 Å². The van der Waals surface area contributed by atoms with Gasteiger partial charge in [-0.1, -0.05) is 80.1 Å². The van der Waals surface area contributed by atoms with Crippen LogP contribution >= 0.6 is 0 Å². The standard InChI is InChI=1S/C19H23N/c1-3-11-18(4-2)20-19(16-12-7-5-8-13-16)17-14-9-6-10-15-17/h4-10,12-15,18-20H,2-3,11H2,1H3/t18-/m0/s1. The number of nitrogens with one attached hydrogen (secondary N) is 1. The first-order valence-corrected chi connectivity index (χ1v) is 7.33. The number of benzene rings is 2. The van der Waals surface area contributed by atoms with Crippen LogP contribution in [-0.2, 0) is 0 Å². The van der Waals surface area contributed by atoms with Gasteiger partial charge < -0.3 is 0 Å². The van der Waals surface area contributed by atoms with Crippen LogP contribution in [0.4, 0.5) is 0 Å². The van der Waals surface area contributed by atoms with Crippen molar-refractivity contribution in [2.45, 2.75) is 31.8 Å². The molecule has 0 bridgehead atoms. The Bertz CT molecular complexity index is 464. The molecule has 1 atom stereocenters. The number of hydrogen-bond acceptors (Lipinski definition) is 1. The number of hydrogen-bond donors (Lipinski definition) is 1. The average molecular weight is 265 g/mol. The molecule has 0 spiro atoms. The molecule has 104 valence electrons. The molecule has 0 aliphatic carbocycles. The second-order valence-electron chi connectivity index (χ2n) is 5.05. The van der Waals surface area contributed by atoms with Crippen LogP contribution in [0.1, 0.15) is 36.9 Å². The van der Waals surface area contributed by atoms with E-state index in [1.54, 1.807) is 0 Å². The van der Waals surface area contributed by atoms with E-state index in [9.17, 15) is 0 Å². The van der Waals surface area contributed by atoms with Crippen molar-refractivity contribution in [1.29, 1.82) is 0 Å². The second-order valence-corrected chi connectivity index (χ2v) is 5.05. The van der Waals surface area contributed by atoms with Crippen LogP contribution in [0.5, 0.6) is 0 Å². The van der Waals surface area contributed by atoms with Crippen molar-refractivity contribution in [1.82, 2.24) is 5.32 Å². The topological polar surface area (TPSA) is 12.0 Å². The van der Waals surface area contributed by atoms with Crippen LogP contribution in [-0.4, -0.2) is 6.04 Å². The smallest absolute Gasteiger partial charge is 0.0581 e. The average Bonchev–Trinajstić information content (AvgIpc) is 2.53. The highest BCUT2D eigenvalue weighted by molar-refractivity contribution is 5.31. The van der Waals surface area contributed by atoms with E-state index in [2.05, 4.69) is 79.5 Å². The molecule has 2 aromatic rings. The van der Waals surface area contributed by atoms with Gasteiger partial charge in [0.25, 0.3) is 0 Å². The van der Waals surface area contributed by atoms with Crippen molar-refractivity contribution in [3.8, 4) is 0 Å². The van der Waals surface area contributed by atoms with E-state index >= 15 is 0 Å². The molecule has 0 unspecified atom stereocenters. The predicted octanol–water partition coefficient (Wildman–Crippen LogP) is 4.72. The summed E-state index contributed by atoms with van der Waals surface area (Å²) in [5.74, 6) is 0. The summed E-state index contributed by atoms with van der Waals surface area (Å²) < 4.78 is 0. The lowest BCUT2D eigenvalue weighted by molar-refractivity contribution is 0.503. The maximum atomic E-state index is 3.96. The van der Waals surface area contributed by atoms with E-state index < -0.39 is 0 Å². The third kappa shape index (κ3) is 3.82. The van der Waals surface area contributed by atoms with Gasteiger partial charge >= 0.3 is 0 Å². The van der Waals surface area contributed by atoms with Gasteiger partial charge in [0, 0.05) is 6.04 Å². The maximum Gasteiger partial charge on any atom is 0.0581 e. The van der Waals surface area contributed by atoms with Crippen molar-refractivity contribution in [3.05, 3.63) is 84.4 Å². The van der Waals surface area contributed by atoms with Gasteiger partial charge in [-0.25, -0.2) is 0 Å². The molecule has 0 amide bonds. The van der Waals surface area contributed by atoms with Gasteiger partial charge in [0.15, 0.2) is 0 Å². The first kappa shape index (κ1) is 14.5. The van der Waals surface area contributed by atoms with Crippen molar-refractivity contribution in [2.75, 3.05) is 0 Å². The molecule has 0 saturated carbocycles. The molecule has 0 heterocycles. The summed E-state index contributed by atoms with van der Waals surface area (Å²) in [6, 6.07) is 21.8. The third-order valence-electron chi connectivity index (χ3n) is 3.53. The molecule has 0 aliphatic rings. The fourth-order valence-corrected chi connectivity index (χ4v) is 2.47. The molecular weight excluding hydrogens is 242 g/mol. The Labute approximate surface area is 122 Å². The molecule has 0 aromatic heterocycles. The molecule has 0 saturated heterocycles. The van der Waals surface area contributed by atoms with Crippen molar-refractivity contribution < 1.29 is 0 Å². The van der Waals surface area contributed by atoms with Crippen molar-refractivity contribution in [2.24, 2.45) is 0 Å². The van der Waals surface area contributed by atoms with Crippen LogP contribution in [0.25, 0.3) is 0 Å². The molecule has 0 aliphatic heterocycles. The summed E-state index contributed by atoms with van der Waals surface area (Å²) in [5.41, 5.74) is 2.59. The van der Waals surface area contributed by atoms with E-state index in [4.69, 9.17) is 0 Å². The first-order chi connectivity index (χ1) is 9.85. The fraction of sp³-hybridized carbons (Fsp3) is 0.263. The Hall–Kier alpha value is -1.86. The summed E-state index contributed by atoms with van der Waals surface area (Å²) in [6.07, 6.45) is 4.28. The lowest BCUT2D eigenvalue weighted by Crippen LogP contribution is -2.31. The molecule has 0 fully saturated rings. The largest absolute Gasteiger partial charge is 0.300 e. The van der Waals surface area contributed by atoms with Crippen molar-refractivity contribution in [3.63, 3.8) is 0 Å². The minimum Gasteiger partial charge on any atom is -0.300 e. The Morgan fingerprint density at radius 3 is 1.85 bits per heavy atom. The molecule has 2 rings (SSSR count). The molecule has 0 radical (unpaired) electrons. The van der Waals surface area contributed by atoms with E-state index in [-0.39, 0.29) is 6.04 Å². The second kappa shape index (κ2) is 7.66. The minimum absolute atomic E-state index is 0.215. The van der Waals surface area contributed by atoms with Gasteiger partial charge in [0.1, 0.15) is 0 Å². The zero-order chi connectivity index (χ0) is 14.2. The summed E-state index contributed by atoms with van der Waals surface area (Å²) >= 11 is 0. The summed E-state index contributed by atoms with van der Waals surface area (Å²) in [4.78, 5) is 0. The lowest BCUT2D eigenvalue weighted by Gasteiger charge is -2.24. The van der Waals surface area contributed by atoms with Crippen LogP contribution in [0.2, 0.25) is 0 Å². The van der Waals surface area contributed by atoms with Gasteiger partial charge in [-0.05, 0) is 17.5 Å². The van der Waals surface area contributed by atoms with E-state index in [1.807, 2.05) is 6.08 Å². The quantitative estimate of drug-likeness (QED) is 0.714. The Morgan fingerprint density at radius 2 is 1.45 bits per heavy atom. The summed E-state index contributed by atoms with van der Waals surface area (Å²) in [6.45, 7) is 6.16. The van der Waals surface area contributed by atoms with Gasteiger partial charge in [-0.15, -0.1) is 6.58 Å². The SMILES string of the molecule is C=C[C@@H](CCC)NC(c1ccccc1)c1ccccc1. The normalized spacial score (nSPS) is 12.3. The van der Waals surface area contributed by atoms with Gasteiger partial charge in [0.2, 0.25) is 0 Å².